The molecule has 1 N–H and O–H groups in total. The molecule has 130 valence electrons. The third-order valence-electron chi connectivity index (χ3n) is 5.05. The fourth-order valence-corrected chi connectivity index (χ4v) is 4.29. The molecule has 1 aromatic carbocycles. The van der Waals surface area contributed by atoms with Crippen LogP contribution >= 0.6 is 11.3 Å². The molecule has 1 amide bonds. The Bertz CT molecular complexity index is 924. The maximum absolute atomic E-state index is 12.9. The van der Waals surface area contributed by atoms with Gasteiger partial charge in [0, 0.05) is 17.8 Å². The largest absolute Gasteiger partial charge is 0.342 e. The van der Waals surface area contributed by atoms with E-state index in [0.29, 0.717) is 0 Å². The van der Waals surface area contributed by atoms with Gasteiger partial charge in [-0.3, -0.25) is 4.79 Å². The second kappa shape index (κ2) is 5.99. The van der Waals surface area contributed by atoms with Crippen molar-refractivity contribution >= 4 is 34.0 Å². The fraction of sp³-hybridized carbons (Fsp3) is 0.400. The minimum Gasteiger partial charge on any atom is -0.342 e. The van der Waals surface area contributed by atoms with Crippen molar-refractivity contribution in [1.82, 2.24) is 9.97 Å². The molecule has 0 saturated carbocycles. The van der Waals surface area contributed by atoms with Gasteiger partial charge in [0.1, 0.15) is 5.82 Å². The monoisotopic (exact) mass is 353 g/mol. The van der Waals surface area contributed by atoms with Crippen molar-refractivity contribution in [1.29, 1.82) is 0 Å². The zero-order valence-electron chi connectivity index (χ0n) is 14.9. The van der Waals surface area contributed by atoms with E-state index < -0.39 is 5.41 Å². The molecule has 4 rings (SSSR count). The van der Waals surface area contributed by atoms with E-state index in [9.17, 15) is 4.79 Å². The first-order valence-electron chi connectivity index (χ1n) is 8.88. The lowest BCUT2D eigenvalue weighted by molar-refractivity contribution is -0.122. The van der Waals surface area contributed by atoms with Gasteiger partial charge in [-0.1, -0.05) is 19.4 Å². The first-order valence-corrected chi connectivity index (χ1v) is 9.76. The number of unbranched alkanes of at least 4 members (excludes halogenated alkanes) is 1. The molecule has 0 atom stereocenters. The van der Waals surface area contributed by atoms with Crippen LogP contribution < -0.4 is 4.90 Å². The Labute approximate surface area is 151 Å². The van der Waals surface area contributed by atoms with E-state index in [1.807, 2.05) is 18.7 Å². The maximum Gasteiger partial charge on any atom is 0.237 e. The van der Waals surface area contributed by atoms with Gasteiger partial charge in [-0.25, -0.2) is 4.98 Å². The van der Waals surface area contributed by atoms with Gasteiger partial charge in [0.15, 0.2) is 0 Å². The van der Waals surface area contributed by atoms with Crippen LogP contribution in [-0.4, -0.2) is 22.4 Å². The lowest BCUT2D eigenvalue weighted by Crippen LogP contribution is -2.36. The Balaban J connectivity index is 1.76. The summed E-state index contributed by atoms with van der Waals surface area (Å²) in [5.41, 5.74) is 3.61. The third kappa shape index (κ3) is 2.67. The number of thiophene rings is 1. The number of carbonyl (C=O) groups excluding carboxylic acids is 1. The average Bonchev–Trinajstić information content (AvgIpc) is 3.26. The topological polar surface area (TPSA) is 49.0 Å². The highest BCUT2D eigenvalue weighted by molar-refractivity contribution is 7.09. The normalized spacial score (nSPS) is 16.0. The molecular formula is C20H23N3OS. The SMILES string of the molecule is CCCCN1C(=O)C(C)(C)c2cc3nc(Cc4cccs4)[nH]c3cc21. The van der Waals surface area contributed by atoms with Crippen molar-refractivity contribution in [2.24, 2.45) is 0 Å². The van der Waals surface area contributed by atoms with Crippen molar-refractivity contribution in [3.63, 3.8) is 0 Å². The molecule has 0 bridgehead atoms. The number of fused-ring (bicyclic) bond motifs is 2. The molecule has 2 aromatic heterocycles. The van der Waals surface area contributed by atoms with Crippen LogP contribution in [0.4, 0.5) is 5.69 Å². The molecule has 4 nitrogen and oxygen atoms in total. The minimum absolute atomic E-state index is 0.197. The Kier molecular flexibility index (Phi) is 3.91. The summed E-state index contributed by atoms with van der Waals surface area (Å²) in [5.74, 6) is 1.17. The van der Waals surface area contributed by atoms with Crippen LogP contribution in [0.3, 0.4) is 0 Å². The first-order chi connectivity index (χ1) is 12.0. The molecule has 5 heteroatoms. The van der Waals surface area contributed by atoms with Crippen LogP contribution in [0, 0.1) is 0 Å². The van der Waals surface area contributed by atoms with E-state index in [2.05, 4.69) is 41.6 Å². The molecule has 3 aromatic rings. The zero-order chi connectivity index (χ0) is 17.6. The second-order valence-electron chi connectivity index (χ2n) is 7.26. The van der Waals surface area contributed by atoms with Gasteiger partial charge in [0.25, 0.3) is 0 Å². The molecule has 0 spiro atoms. The number of benzene rings is 1. The van der Waals surface area contributed by atoms with Crippen LogP contribution in [-0.2, 0) is 16.6 Å². The number of hydrogen-bond donors (Lipinski definition) is 1. The zero-order valence-corrected chi connectivity index (χ0v) is 15.7. The Morgan fingerprint density at radius 1 is 1.32 bits per heavy atom. The number of nitrogens with one attached hydrogen (secondary N) is 1. The van der Waals surface area contributed by atoms with E-state index in [-0.39, 0.29) is 5.91 Å². The summed E-state index contributed by atoms with van der Waals surface area (Å²) in [7, 11) is 0. The van der Waals surface area contributed by atoms with Crippen LogP contribution in [0.15, 0.2) is 29.6 Å². The van der Waals surface area contributed by atoms with Crippen LogP contribution in [0.2, 0.25) is 0 Å². The Morgan fingerprint density at radius 2 is 2.16 bits per heavy atom. The van der Waals surface area contributed by atoms with E-state index >= 15 is 0 Å². The van der Waals surface area contributed by atoms with Crippen molar-refractivity contribution in [2.75, 3.05) is 11.4 Å². The number of aromatic amines is 1. The molecule has 3 heterocycles. The van der Waals surface area contributed by atoms with Gasteiger partial charge in [-0.05, 0) is 49.4 Å². The highest BCUT2D eigenvalue weighted by atomic mass is 32.1. The van der Waals surface area contributed by atoms with Gasteiger partial charge >= 0.3 is 0 Å². The predicted octanol–water partition coefficient (Wildman–Crippen LogP) is 4.64. The van der Waals surface area contributed by atoms with Gasteiger partial charge in [-0.2, -0.15) is 0 Å². The molecule has 0 fully saturated rings. The van der Waals surface area contributed by atoms with E-state index in [0.717, 1.165) is 53.9 Å². The van der Waals surface area contributed by atoms with E-state index in [1.165, 1.54) is 4.88 Å². The van der Waals surface area contributed by atoms with Crippen molar-refractivity contribution in [3.8, 4) is 0 Å². The van der Waals surface area contributed by atoms with Gasteiger partial charge in [-0.15, -0.1) is 11.3 Å². The number of aromatic nitrogens is 2. The van der Waals surface area contributed by atoms with E-state index in [4.69, 9.17) is 4.98 Å². The number of H-pyrrole nitrogens is 1. The summed E-state index contributed by atoms with van der Waals surface area (Å²) >= 11 is 1.75. The molecule has 1 aliphatic heterocycles. The van der Waals surface area contributed by atoms with Gasteiger partial charge < -0.3 is 9.88 Å². The maximum atomic E-state index is 12.9. The van der Waals surface area contributed by atoms with Crippen LogP contribution in [0.1, 0.15) is 49.9 Å². The average molecular weight is 353 g/mol. The molecule has 0 unspecified atom stereocenters. The number of amides is 1. The number of carbonyl (C=O) groups is 1. The summed E-state index contributed by atoms with van der Waals surface area (Å²) in [6.07, 6.45) is 2.92. The highest BCUT2D eigenvalue weighted by Crippen LogP contribution is 2.43. The third-order valence-corrected chi connectivity index (χ3v) is 5.93. The quantitative estimate of drug-likeness (QED) is 0.726. The summed E-state index contributed by atoms with van der Waals surface area (Å²) in [4.78, 5) is 24.3. The molecule has 1 aliphatic rings. The molecular weight excluding hydrogens is 330 g/mol. The predicted molar refractivity (Wildman–Crippen MR) is 104 cm³/mol. The van der Waals surface area contributed by atoms with Crippen molar-refractivity contribution in [3.05, 3.63) is 45.9 Å². The smallest absolute Gasteiger partial charge is 0.237 e. The summed E-state index contributed by atoms with van der Waals surface area (Å²) < 4.78 is 0. The van der Waals surface area contributed by atoms with Gasteiger partial charge in [0.2, 0.25) is 5.91 Å². The van der Waals surface area contributed by atoms with Crippen molar-refractivity contribution in [2.45, 2.75) is 45.4 Å². The molecule has 0 saturated heterocycles. The number of rotatable bonds is 5. The summed E-state index contributed by atoms with van der Waals surface area (Å²) in [6.45, 7) is 6.98. The minimum atomic E-state index is -0.482. The van der Waals surface area contributed by atoms with Crippen LogP contribution in [0.25, 0.3) is 11.0 Å². The number of anilines is 1. The second-order valence-corrected chi connectivity index (χ2v) is 8.29. The number of nitrogens with zero attached hydrogens (tertiary/aromatic N) is 2. The Hall–Kier alpha value is -2.14. The molecule has 25 heavy (non-hydrogen) atoms. The lowest BCUT2D eigenvalue weighted by atomic mass is 9.86. The summed E-state index contributed by atoms with van der Waals surface area (Å²) in [5, 5.41) is 2.09. The highest BCUT2D eigenvalue weighted by Gasteiger charge is 2.43. The number of imidazole rings is 1. The van der Waals surface area contributed by atoms with Crippen LogP contribution in [0.5, 0.6) is 0 Å². The fourth-order valence-electron chi connectivity index (χ4n) is 3.58. The Morgan fingerprint density at radius 3 is 2.88 bits per heavy atom. The van der Waals surface area contributed by atoms with E-state index in [1.54, 1.807) is 11.3 Å². The standard InChI is InChI=1S/C20H23N3OS/c1-4-5-8-23-17-12-16-15(11-14(17)20(2,3)19(23)24)21-18(22-16)10-13-7-6-9-25-13/h6-7,9,11-12H,4-5,8,10H2,1-3H3,(H,21,22). The number of hydrogen-bond acceptors (Lipinski definition) is 3. The van der Waals surface area contributed by atoms with Crippen molar-refractivity contribution < 1.29 is 4.79 Å². The molecule has 0 radical (unpaired) electrons. The van der Waals surface area contributed by atoms with Gasteiger partial charge in [0.05, 0.1) is 22.1 Å². The lowest BCUT2D eigenvalue weighted by Gasteiger charge is -2.20. The first kappa shape index (κ1) is 16.3. The summed E-state index contributed by atoms with van der Waals surface area (Å²) in [6, 6.07) is 8.41. The molecule has 0 aliphatic carbocycles.